The number of hydrogen-bond donors (Lipinski definition) is 2. The Kier molecular flexibility index (Phi) is 5.64. The number of rotatable bonds is 6. The summed E-state index contributed by atoms with van der Waals surface area (Å²) in [6.07, 6.45) is 0.328. The Bertz CT molecular complexity index is 1330. The predicted molar refractivity (Wildman–Crippen MR) is 118 cm³/mol. The van der Waals surface area contributed by atoms with E-state index in [-0.39, 0.29) is 22.6 Å². The van der Waals surface area contributed by atoms with Gasteiger partial charge in [-0.25, -0.2) is 4.39 Å². The van der Waals surface area contributed by atoms with Crippen LogP contribution in [0.3, 0.4) is 0 Å². The maximum absolute atomic E-state index is 13.2. The third kappa shape index (κ3) is 4.18. The van der Waals surface area contributed by atoms with Crippen molar-refractivity contribution in [2.75, 3.05) is 0 Å². The molecule has 7 heteroatoms. The molecule has 1 amide bonds. The van der Waals surface area contributed by atoms with Crippen molar-refractivity contribution in [3.05, 3.63) is 94.6 Å². The molecule has 1 unspecified atom stereocenters. The van der Waals surface area contributed by atoms with E-state index in [1.54, 1.807) is 43.3 Å². The molecule has 1 aromatic heterocycles. The number of hydrogen-bond acceptors (Lipinski definition) is 5. The first-order valence-corrected chi connectivity index (χ1v) is 9.90. The van der Waals surface area contributed by atoms with Crippen LogP contribution in [0.1, 0.15) is 18.4 Å². The Hall–Kier alpha value is -4.13. The average molecular weight is 433 g/mol. The maximum Gasteiger partial charge on any atom is 0.259 e. The number of halogens is 1. The molecule has 4 rings (SSSR count). The highest BCUT2D eigenvalue weighted by Crippen LogP contribution is 2.28. The molecule has 4 aromatic rings. The van der Waals surface area contributed by atoms with Crippen LogP contribution in [0.4, 0.5) is 4.39 Å². The normalized spacial score (nSPS) is 12.9. The van der Waals surface area contributed by atoms with Gasteiger partial charge in [-0.3, -0.25) is 9.59 Å². The lowest BCUT2D eigenvalue weighted by molar-refractivity contribution is -0.125. The van der Waals surface area contributed by atoms with Crippen molar-refractivity contribution in [2.24, 2.45) is 5.73 Å². The molecular weight excluding hydrogens is 413 g/mol. The van der Waals surface area contributed by atoms with Crippen LogP contribution in [0.25, 0.3) is 22.1 Å². The summed E-state index contributed by atoms with van der Waals surface area (Å²) in [4.78, 5) is 25.0. The van der Waals surface area contributed by atoms with E-state index in [0.717, 1.165) is 0 Å². The van der Waals surface area contributed by atoms with Gasteiger partial charge in [0.05, 0.1) is 10.9 Å². The fraction of sp³-hybridized carbons (Fsp3) is 0.120. The molecule has 32 heavy (non-hydrogen) atoms. The first kappa shape index (κ1) is 21.1. The highest BCUT2D eigenvalue weighted by atomic mass is 19.1. The Morgan fingerprint density at radius 2 is 1.75 bits per heavy atom. The summed E-state index contributed by atoms with van der Waals surface area (Å²) in [5.74, 6) is -1.09. The number of fused-ring (bicyclic) bond motifs is 1. The van der Waals surface area contributed by atoms with Crippen molar-refractivity contribution in [3.63, 3.8) is 0 Å². The number of ether oxygens (including phenoxy) is 1. The number of nitrogens with two attached hydrogens (primary N) is 1. The first-order valence-electron chi connectivity index (χ1n) is 9.90. The number of carbonyl (C=O) groups excluding carboxylic acids is 1. The number of amides is 1. The van der Waals surface area contributed by atoms with Crippen molar-refractivity contribution in [1.29, 1.82) is 0 Å². The zero-order valence-corrected chi connectivity index (χ0v) is 17.1. The highest BCUT2D eigenvalue weighted by Gasteiger charge is 2.27. The standard InChI is InChI=1S/C25H20FNO5/c1-14(15-2-6-17(26)7-3-15)24(25(27)30)32-19-10-11-20-22(12-19)31-13-21(23(20)29)16-4-8-18(28)9-5-16/h2-14,24,28H,1H3,(H2,27,30)/t14-,24?/m0/s1. The van der Waals surface area contributed by atoms with Gasteiger partial charge in [0, 0.05) is 12.0 Å². The Morgan fingerprint density at radius 1 is 1.06 bits per heavy atom. The van der Waals surface area contributed by atoms with Gasteiger partial charge < -0.3 is 20.0 Å². The summed E-state index contributed by atoms with van der Waals surface area (Å²) < 4.78 is 24.7. The molecule has 0 saturated carbocycles. The Morgan fingerprint density at radius 3 is 2.41 bits per heavy atom. The maximum atomic E-state index is 13.2. The molecule has 0 aliphatic carbocycles. The van der Waals surface area contributed by atoms with Gasteiger partial charge in [0.1, 0.15) is 29.2 Å². The Labute approximate surface area is 182 Å². The Balaban J connectivity index is 1.64. The van der Waals surface area contributed by atoms with Gasteiger partial charge in [-0.2, -0.15) is 0 Å². The van der Waals surface area contributed by atoms with Gasteiger partial charge in [-0.1, -0.05) is 31.2 Å². The molecule has 0 saturated heterocycles. The van der Waals surface area contributed by atoms with Crippen LogP contribution in [0.2, 0.25) is 0 Å². The van der Waals surface area contributed by atoms with E-state index >= 15 is 0 Å². The quantitative estimate of drug-likeness (QED) is 0.471. The monoisotopic (exact) mass is 433 g/mol. The molecule has 0 aliphatic heterocycles. The SMILES string of the molecule is C[C@@H](c1ccc(F)cc1)C(Oc1ccc2c(=O)c(-c3ccc(O)cc3)coc2c1)C(N)=O. The van der Waals surface area contributed by atoms with E-state index in [9.17, 15) is 19.1 Å². The molecule has 6 nitrogen and oxygen atoms in total. The van der Waals surface area contributed by atoms with Crippen LogP contribution < -0.4 is 15.9 Å². The molecule has 3 N–H and O–H groups in total. The molecule has 0 bridgehead atoms. The van der Waals surface area contributed by atoms with Crippen molar-refractivity contribution >= 4 is 16.9 Å². The summed E-state index contributed by atoms with van der Waals surface area (Å²) in [5.41, 5.74) is 7.26. The van der Waals surface area contributed by atoms with Gasteiger partial charge in [-0.05, 0) is 47.5 Å². The van der Waals surface area contributed by atoms with Crippen molar-refractivity contribution < 1.29 is 23.4 Å². The largest absolute Gasteiger partial charge is 0.508 e. The molecule has 3 aromatic carbocycles. The number of phenolic OH excluding ortho intramolecular Hbond substituents is 1. The van der Waals surface area contributed by atoms with Crippen LogP contribution in [0, 0.1) is 5.82 Å². The number of primary amides is 1. The number of phenols is 1. The minimum atomic E-state index is -1.01. The van der Waals surface area contributed by atoms with Crippen LogP contribution in [0.15, 0.2) is 82.2 Å². The van der Waals surface area contributed by atoms with E-state index in [0.29, 0.717) is 27.8 Å². The fourth-order valence-corrected chi connectivity index (χ4v) is 3.52. The second kappa shape index (κ2) is 8.55. The number of aromatic hydroxyl groups is 1. The van der Waals surface area contributed by atoms with E-state index in [1.807, 2.05) is 0 Å². The third-order valence-electron chi connectivity index (χ3n) is 5.32. The van der Waals surface area contributed by atoms with Gasteiger partial charge >= 0.3 is 0 Å². The lowest BCUT2D eigenvalue weighted by Crippen LogP contribution is -2.38. The molecule has 0 radical (unpaired) electrons. The molecule has 162 valence electrons. The second-order valence-corrected chi connectivity index (χ2v) is 7.46. The average Bonchev–Trinajstić information content (AvgIpc) is 2.78. The van der Waals surface area contributed by atoms with Gasteiger partial charge in [-0.15, -0.1) is 0 Å². The zero-order chi connectivity index (χ0) is 22.8. The smallest absolute Gasteiger partial charge is 0.259 e. The number of benzene rings is 3. The van der Waals surface area contributed by atoms with Crippen LogP contribution in [-0.2, 0) is 4.79 Å². The zero-order valence-electron chi connectivity index (χ0n) is 17.1. The summed E-state index contributed by atoms with van der Waals surface area (Å²) in [7, 11) is 0. The minimum Gasteiger partial charge on any atom is -0.508 e. The fourth-order valence-electron chi connectivity index (χ4n) is 3.52. The third-order valence-corrected chi connectivity index (χ3v) is 5.32. The molecule has 0 aliphatic rings. The predicted octanol–water partition coefficient (Wildman–Crippen LogP) is 4.34. The molecular formula is C25H20FNO5. The van der Waals surface area contributed by atoms with Crippen molar-refractivity contribution in [2.45, 2.75) is 18.9 Å². The van der Waals surface area contributed by atoms with Crippen molar-refractivity contribution in [1.82, 2.24) is 0 Å². The first-order chi connectivity index (χ1) is 15.3. The van der Waals surface area contributed by atoms with Crippen LogP contribution in [-0.4, -0.2) is 17.1 Å². The summed E-state index contributed by atoms with van der Waals surface area (Å²) >= 11 is 0. The number of carbonyl (C=O) groups is 1. The summed E-state index contributed by atoms with van der Waals surface area (Å²) in [5, 5.41) is 9.78. The summed E-state index contributed by atoms with van der Waals surface area (Å²) in [6.45, 7) is 1.76. The van der Waals surface area contributed by atoms with E-state index in [1.165, 1.54) is 36.6 Å². The van der Waals surface area contributed by atoms with Gasteiger partial charge in [0.2, 0.25) is 0 Å². The molecule has 0 fully saturated rings. The van der Waals surface area contributed by atoms with Crippen molar-refractivity contribution in [3.8, 4) is 22.6 Å². The lowest BCUT2D eigenvalue weighted by Gasteiger charge is -2.23. The molecule has 1 heterocycles. The van der Waals surface area contributed by atoms with E-state index in [2.05, 4.69) is 0 Å². The lowest BCUT2D eigenvalue weighted by atomic mass is 9.94. The van der Waals surface area contributed by atoms with Gasteiger partial charge in [0.15, 0.2) is 11.5 Å². The second-order valence-electron chi connectivity index (χ2n) is 7.46. The van der Waals surface area contributed by atoms with E-state index < -0.39 is 17.9 Å². The van der Waals surface area contributed by atoms with Crippen LogP contribution in [0.5, 0.6) is 11.5 Å². The van der Waals surface area contributed by atoms with Crippen LogP contribution >= 0.6 is 0 Å². The molecule has 0 spiro atoms. The molecule has 2 atom stereocenters. The topological polar surface area (TPSA) is 103 Å². The minimum absolute atomic E-state index is 0.0968. The van der Waals surface area contributed by atoms with Gasteiger partial charge in [0.25, 0.3) is 5.91 Å². The highest BCUT2D eigenvalue weighted by molar-refractivity contribution is 5.83. The summed E-state index contributed by atoms with van der Waals surface area (Å²) in [6, 6.07) is 16.6. The van der Waals surface area contributed by atoms with E-state index in [4.69, 9.17) is 14.9 Å².